The second-order valence-electron chi connectivity index (χ2n) is 10.4. The molecule has 0 saturated carbocycles. The Morgan fingerprint density at radius 1 is 0.846 bits per heavy atom. The molecule has 0 unspecified atom stereocenters. The molecule has 0 fully saturated rings. The number of benzene rings is 3. The van der Waals surface area contributed by atoms with Crippen molar-refractivity contribution in [3.05, 3.63) is 126 Å². The molecule has 0 N–H and O–H groups in total. The SMILES string of the molecule is Cc1ccnc(-n2c3ccccc3c3ccc(Oc4cccc(C5=CN6CC=CC=C6N5C(C)C)c4)cc32)c1. The Hall–Kier alpha value is -4.77. The standard InChI is InChI=1S/C34H30N4O/c1-23(2)37-32(22-36-18-7-6-13-34(36)37)25-9-8-10-26(20-25)39-27-14-15-29-28-11-4-5-12-30(28)38(31(29)21-27)33-19-24(3)16-17-35-33/h4-17,19-23H,18H2,1-3H3. The molecule has 5 nitrogen and oxygen atoms in total. The molecule has 0 atom stereocenters. The monoisotopic (exact) mass is 510 g/mol. The van der Waals surface area contributed by atoms with Crippen LogP contribution in [0.3, 0.4) is 0 Å². The van der Waals surface area contributed by atoms with Gasteiger partial charge in [0.05, 0.1) is 16.7 Å². The van der Waals surface area contributed by atoms with Gasteiger partial charge in [-0.2, -0.15) is 0 Å². The largest absolute Gasteiger partial charge is 0.457 e. The Morgan fingerprint density at radius 3 is 2.56 bits per heavy atom. The number of nitrogens with zero attached hydrogens (tertiary/aromatic N) is 4. The van der Waals surface area contributed by atoms with Gasteiger partial charge in [-0.3, -0.25) is 4.57 Å². The van der Waals surface area contributed by atoms with E-state index in [1.165, 1.54) is 27.9 Å². The summed E-state index contributed by atoms with van der Waals surface area (Å²) in [7, 11) is 0. The summed E-state index contributed by atoms with van der Waals surface area (Å²) in [4.78, 5) is 9.39. The first-order valence-corrected chi connectivity index (χ1v) is 13.5. The number of rotatable bonds is 5. The van der Waals surface area contributed by atoms with Crippen LogP contribution in [0.5, 0.6) is 11.5 Å². The van der Waals surface area contributed by atoms with Crippen LogP contribution in [-0.4, -0.2) is 31.9 Å². The summed E-state index contributed by atoms with van der Waals surface area (Å²) in [6, 6.07) is 27.7. The summed E-state index contributed by atoms with van der Waals surface area (Å²) in [6.07, 6.45) is 10.6. The molecule has 0 spiro atoms. The molecule has 0 amide bonds. The summed E-state index contributed by atoms with van der Waals surface area (Å²) < 4.78 is 8.72. The lowest BCUT2D eigenvalue weighted by Gasteiger charge is -2.31. The van der Waals surface area contributed by atoms with Crippen molar-refractivity contribution in [2.45, 2.75) is 26.8 Å². The van der Waals surface area contributed by atoms with Gasteiger partial charge in [0.1, 0.15) is 23.1 Å². The average Bonchev–Trinajstić information content (AvgIpc) is 3.49. The summed E-state index contributed by atoms with van der Waals surface area (Å²) in [5, 5.41) is 2.38. The van der Waals surface area contributed by atoms with Gasteiger partial charge >= 0.3 is 0 Å². The van der Waals surface area contributed by atoms with E-state index in [9.17, 15) is 0 Å². The van der Waals surface area contributed by atoms with E-state index in [0.717, 1.165) is 40.5 Å². The highest BCUT2D eigenvalue weighted by Gasteiger charge is 2.30. The van der Waals surface area contributed by atoms with E-state index < -0.39 is 0 Å². The Balaban J connectivity index is 1.28. The van der Waals surface area contributed by atoms with Crippen molar-refractivity contribution in [1.29, 1.82) is 0 Å². The minimum Gasteiger partial charge on any atom is -0.457 e. The third-order valence-electron chi connectivity index (χ3n) is 7.42. The topological polar surface area (TPSA) is 33.5 Å². The minimum absolute atomic E-state index is 0.336. The molecule has 192 valence electrons. The third-order valence-corrected chi connectivity index (χ3v) is 7.42. The van der Waals surface area contributed by atoms with E-state index in [1.54, 1.807) is 0 Å². The molecule has 0 saturated heterocycles. The van der Waals surface area contributed by atoms with Crippen LogP contribution in [0.15, 0.2) is 115 Å². The van der Waals surface area contributed by atoms with Gasteiger partial charge in [0, 0.05) is 47.4 Å². The fourth-order valence-corrected chi connectivity index (χ4v) is 5.70. The van der Waals surface area contributed by atoms with Gasteiger partial charge in [0.25, 0.3) is 0 Å². The van der Waals surface area contributed by atoms with Crippen molar-refractivity contribution >= 4 is 27.5 Å². The molecule has 0 aliphatic carbocycles. The molecule has 0 bridgehead atoms. The van der Waals surface area contributed by atoms with Crippen LogP contribution in [0.4, 0.5) is 0 Å². The summed E-state index contributed by atoms with van der Waals surface area (Å²) >= 11 is 0. The highest BCUT2D eigenvalue weighted by Crippen LogP contribution is 2.38. The molecule has 4 heterocycles. The lowest BCUT2D eigenvalue weighted by Crippen LogP contribution is -2.31. The molecule has 5 aromatic rings. The molecular weight excluding hydrogens is 480 g/mol. The normalized spacial score (nSPS) is 14.8. The van der Waals surface area contributed by atoms with Crippen LogP contribution in [-0.2, 0) is 0 Å². The number of para-hydroxylation sites is 1. The van der Waals surface area contributed by atoms with Gasteiger partial charge < -0.3 is 14.5 Å². The fraction of sp³-hybridized carbons (Fsp3) is 0.147. The second kappa shape index (κ2) is 9.21. The van der Waals surface area contributed by atoms with Crippen LogP contribution in [0.2, 0.25) is 0 Å². The Morgan fingerprint density at radius 2 is 1.69 bits per heavy atom. The number of aryl methyl sites for hydroxylation is 1. The minimum atomic E-state index is 0.336. The molecule has 0 radical (unpaired) electrons. The van der Waals surface area contributed by atoms with E-state index in [4.69, 9.17) is 9.72 Å². The van der Waals surface area contributed by atoms with Crippen molar-refractivity contribution in [3.63, 3.8) is 0 Å². The zero-order valence-electron chi connectivity index (χ0n) is 22.4. The van der Waals surface area contributed by atoms with Gasteiger partial charge in [-0.1, -0.05) is 42.5 Å². The molecule has 2 aromatic heterocycles. The van der Waals surface area contributed by atoms with Crippen molar-refractivity contribution < 1.29 is 4.74 Å². The summed E-state index contributed by atoms with van der Waals surface area (Å²) in [5.41, 5.74) is 5.70. The van der Waals surface area contributed by atoms with Crippen molar-refractivity contribution in [1.82, 2.24) is 19.4 Å². The van der Waals surface area contributed by atoms with Gasteiger partial charge in [-0.05, 0) is 74.9 Å². The predicted molar refractivity (Wildman–Crippen MR) is 159 cm³/mol. The van der Waals surface area contributed by atoms with Gasteiger partial charge in [0.2, 0.25) is 0 Å². The Labute approximate surface area is 228 Å². The molecule has 39 heavy (non-hydrogen) atoms. The average molecular weight is 511 g/mol. The van der Waals surface area contributed by atoms with Crippen LogP contribution in [0.25, 0.3) is 33.3 Å². The molecule has 7 rings (SSSR count). The summed E-state index contributed by atoms with van der Waals surface area (Å²) in [5.74, 6) is 3.73. The lowest BCUT2D eigenvalue weighted by atomic mass is 10.1. The van der Waals surface area contributed by atoms with E-state index in [-0.39, 0.29) is 0 Å². The van der Waals surface area contributed by atoms with Crippen LogP contribution in [0, 0.1) is 6.92 Å². The molecule has 5 heteroatoms. The third kappa shape index (κ3) is 3.98. The van der Waals surface area contributed by atoms with Crippen LogP contribution in [0.1, 0.15) is 25.0 Å². The van der Waals surface area contributed by atoms with Gasteiger partial charge in [0.15, 0.2) is 0 Å². The van der Waals surface area contributed by atoms with E-state index in [0.29, 0.717) is 6.04 Å². The first kappa shape index (κ1) is 23.4. The fourth-order valence-electron chi connectivity index (χ4n) is 5.70. The maximum absolute atomic E-state index is 6.49. The first-order chi connectivity index (χ1) is 19.1. The number of pyridine rings is 1. The zero-order valence-corrected chi connectivity index (χ0v) is 22.4. The first-order valence-electron chi connectivity index (χ1n) is 13.5. The highest BCUT2D eigenvalue weighted by molar-refractivity contribution is 6.09. The Bertz CT molecular complexity index is 1820. The Kier molecular flexibility index (Phi) is 5.51. The molecular formula is C34H30N4O. The van der Waals surface area contributed by atoms with E-state index in [1.807, 2.05) is 18.3 Å². The second-order valence-corrected chi connectivity index (χ2v) is 10.4. The number of ether oxygens (including phenoxy) is 1. The molecule has 2 aliphatic rings. The van der Waals surface area contributed by atoms with Crippen molar-refractivity contribution in [2.24, 2.45) is 0 Å². The predicted octanol–water partition coefficient (Wildman–Crippen LogP) is 8.02. The zero-order chi connectivity index (χ0) is 26.5. The molecule has 3 aromatic carbocycles. The lowest BCUT2D eigenvalue weighted by molar-refractivity contribution is 0.334. The van der Waals surface area contributed by atoms with Crippen LogP contribution < -0.4 is 4.74 Å². The molecule has 2 aliphatic heterocycles. The quantitative estimate of drug-likeness (QED) is 0.240. The smallest absolute Gasteiger partial charge is 0.137 e. The maximum atomic E-state index is 6.49. The highest BCUT2D eigenvalue weighted by atomic mass is 16.5. The number of allylic oxidation sites excluding steroid dienone is 2. The number of aromatic nitrogens is 2. The number of fused-ring (bicyclic) bond motifs is 4. The van der Waals surface area contributed by atoms with E-state index in [2.05, 4.69) is 126 Å². The van der Waals surface area contributed by atoms with Gasteiger partial charge in [-0.15, -0.1) is 0 Å². The van der Waals surface area contributed by atoms with Crippen LogP contribution >= 0.6 is 0 Å². The van der Waals surface area contributed by atoms with Gasteiger partial charge in [-0.25, -0.2) is 4.98 Å². The number of hydrogen-bond acceptors (Lipinski definition) is 4. The summed E-state index contributed by atoms with van der Waals surface area (Å²) in [6.45, 7) is 7.45. The maximum Gasteiger partial charge on any atom is 0.137 e. The van der Waals surface area contributed by atoms with Crippen molar-refractivity contribution in [3.8, 4) is 17.3 Å². The number of hydrogen-bond donors (Lipinski definition) is 0. The van der Waals surface area contributed by atoms with E-state index >= 15 is 0 Å². The van der Waals surface area contributed by atoms with Crippen molar-refractivity contribution in [2.75, 3.05) is 6.54 Å².